The number of carbonyl (C=O) groups excluding carboxylic acids is 1. The van der Waals surface area contributed by atoms with Gasteiger partial charge in [0.1, 0.15) is 5.60 Å². The van der Waals surface area contributed by atoms with Crippen molar-refractivity contribution < 1.29 is 9.53 Å². The summed E-state index contributed by atoms with van der Waals surface area (Å²) in [6, 6.07) is -0.265. The first-order chi connectivity index (χ1) is 10.8. The fourth-order valence-electron chi connectivity index (χ4n) is 2.56. The minimum absolute atomic E-state index is 0.265. The number of amides is 1. The van der Waals surface area contributed by atoms with Crippen LogP contribution in [0.15, 0.2) is 0 Å². The zero-order chi connectivity index (χ0) is 17.0. The van der Waals surface area contributed by atoms with Crippen LogP contribution in [0, 0.1) is 6.92 Å². The Morgan fingerprint density at radius 3 is 2.65 bits per heavy atom. The smallest absolute Gasteiger partial charge is 0.407 e. The number of aromatic nitrogens is 1. The van der Waals surface area contributed by atoms with Crippen LogP contribution in [-0.4, -0.2) is 36.3 Å². The predicted molar refractivity (Wildman–Crippen MR) is 94.1 cm³/mol. The van der Waals surface area contributed by atoms with Gasteiger partial charge in [0.15, 0.2) is 5.13 Å². The number of nitrogens with zero attached hydrogens (tertiary/aromatic N) is 2. The molecule has 2 heterocycles. The minimum atomic E-state index is -0.504. The molecule has 1 atom stereocenters. The minimum Gasteiger partial charge on any atom is -0.444 e. The summed E-state index contributed by atoms with van der Waals surface area (Å²) in [6.45, 7) is 9.97. The van der Waals surface area contributed by atoms with Crippen LogP contribution in [0.1, 0.15) is 56.6 Å². The van der Waals surface area contributed by atoms with Crippen molar-refractivity contribution in [2.24, 2.45) is 5.73 Å². The number of aryl methyl sites for hydroxylation is 1. The maximum absolute atomic E-state index is 11.7. The summed E-state index contributed by atoms with van der Waals surface area (Å²) in [5.41, 5.74) is 6.68. The lowest BCUT2D eigenvalue weighted by molar-refractivity contribution is 0.0524. The quantitative estimate of drug-likeness (QED) is 0.881. The van der Waals surface area contributed by atoms with Gasteiger partial charge >= 0.3 is 6.09 Å². The molecule has 1 aliphatic rings. The van der Waals surface area contributed by atoms with Crippen LogP contribution >= 0.6 is 11.3 Å². The van der Waals surface area contributed by atoms with Gasteiger partial charge < -0.3 is 20.7 Å². The van der Waals surface area contributed by atoms with Crippen LogP contribution in [0.25, 0.3) is 0 Å². The molecule has 1 aromatic rings. The Bertz CT molecular complexity index is 533. The molecule has 1 fully saturated rings. The van der Waals surface area contributed by atoms with Gasteiger partial charge in [-0.15, -0.1) is 0 Å². The number of nitrogens with one attached hydrogen (secondary N) is 1. The van der Waals surface area contributed by atoms with Gasteiger partial charge in [-0.25, -0.2) is 9.78 Å². The van der Waals surface area contributed by atoms with Crippen molar-refractivity contribution >= 4 is 22.6 Å². The van der Waals surface area contributed by atoms with Crippen molar-refractivity contribution in [3.05, 3.63) is 10.6 Å². The lowest BCUT2D eigenvalue weighted by atomic mass is 10.1. The maximum atomic E-state index is 11.7. The van der Waals surface area contributed by atoms with E-state index in [0.717, 1.165) is 28.8 Å². The van der Waals surface area contributed by atoms with E-state index in [9.17, 15) is 4.79 Å². The molecule has 1 aliphatic heterocycles. The van der Waals surface area contributed by atoms with E-state index in [1.807, 2.05) is 27.7 Å². The van der Waals surface area contributed by atoms with Gasteiger partial charge in [0.25, 0.3) is 0 Å². The van der Waals surface area contributed by atoms with Crippen LogP contribution in [0.2, 0.25) is 0 Å². The monoisotopic (exact) mass is 340 g/mol. The van der Waals surface area contributed by atoms with E-state index in [1.165, 1.54) is 19.3 Å². The van der Waals surface area contributed by atoms with Gasteiger partial charge in [-0.1, -0.05) is 11.3 Å². The maximum Gasteiger partial charge on any atom is 0.407 e. The number of piperidine rings is 1. The molecule has 1 unspecified atom stereocenters. The molecule has 0 aromatic carbocycles. The molecule has 130 valence electrons. The highest BCUT2D eigenvalue weighted by Gasteiger charge is 2.21. The Balaban J connectivity index is 1.93. The van der Waals surface area contributed by atoms with Crippen molar-refractivity contribution in [1.29, 1.82) is 0 Å². The van der Waals surface area contributed by atoms with Crippen LogP contribution in [0.5, 0.6) is 0 Å². The van der Waals surface area contributed by atoms with Crippen LogP contribution < -0.4 is 16.0 Å². The molecule has 1 saturated heterocycles. The van der Waals surface area contributed by atoms with E-state index in [4.69, 9.17) is 10.5 Å². The number of thiazole rings is 1. The summed E-state index contributed by atoms with van der Waals surface area (Å²) in [5.74, 6) is 0. The number of alkyl carbamates (subject to hydrolysis) is 1. The molecule has 0 saturated carbocycles. The van der Waals surface area contributed by atoms with Crippen molar-refractivity contribution in [1.82, 2.24) is 10.3 Å². The first kappa shape index (κ1) is 18.0. The van der Waals surface area contributed by atoms with E-state index in [-0.39, 0.29) is 6.04 Å². The van der Waals surface area contributed by atoms with E-state index in [0.29, 0.717) is 6.54 Å². The van der Waals surface area contributed by atoms with E-state index < -0.39 is 11.7 Å². The number of carbonyl (C=O) groups is 1. The van der Waals surface area contributed by atoms with Gasteiger partial charge in [-0.05, 0) is 47.0 Å². The molecule has 7 heteroatoms. The fourth-order valence-corrected chi connectivity index (χ4v) is 3.68. The van der Waals surface area contributed by atoms with Gasteiger partial charge in [0.2, 0.25) is 0 Å². The molecule has 0 radical (unpaired) electrons. The van der Waals surface area contributed by atoms with Gasteiger partial charge in [0, 0.05) is 24.5 Å². The highest BCUT2D eigenvalue weighted by atomic mass is 32.1. The molecule has 1 amide bonds. The Morgan fingerprint density at radius 1 is 1.39 bits per heavy atom. The molecule has 0 bridgehead atoms. The SMILES string of the molecule is Cc1nc(N2CCCCC2)sc1C(N)CNC(=O)OC(C)(C)C. The van der Waals surface area contributed by atoms with Crippen molar-refractivity contribution in [2.45, 2.75) is 58.6 Å². The third-order valence-electron chi connectivity index (χ3n) is 3.65. The highest BCUT2D eigenvalue weighted by Crippen LogP contribution is 2.31. The summed E-state index contributed by atoms with van der Waals surface area (Å²) >= 11 is 1.64. The molecule has 6 nitrogen and oxygen atoms in total. The van der Waals surface area contributed by atoms with Gasteiger partial charge in [-0.2, -0.15) is 0 Å². The fraction of sp³-hybridized carbons (Fsp3) is 0.750. The van der Waals surface area contributed by atoms with Crippen molar-refractivity contribution in [3.8, 4) is 0 Å². The normalized spacial score (nSPS) is 17.0. The van der Waals surface area contributed by atoms with Gasteiger partial charge in [-0.3, -0.25) is 0 Å². The van der Waals surface area contributed by atoms with Crippen LogP contribution in [-0.2, 0) is 4.74 Å². The second kappa shape index (κ2) is 7.49. The Labute approximate surface area is 142 Å². The number of nitrogens with two attached hydrogens (primary N) is 1. The molecular formula is C16H28N4O2S. The average molecular weight is 340 g/mol. The standard InChI is InChI=1S/C16H28N4O2S/c1-11-13(12(17)10-18-15(21)22-16(2,3)4)23-14(19-11)20-8-6-5-7-9-20/h12H,5-10,17H2,1-4H3,(H,18,21). The molecule has 3 N–H and O–H groups in total. The van der Waals surface area contributed by atoms with E-state index >= 15 is 0 Å². The summed E-state index contributed by atoms with van der Waals surface area (Å²) in [7, 11) is 0. The highest BCUT2D eigenvalue weighted by molar-refractivity contribution is 7.15. The summed E-state index contributed by atoms with van der Waals surface area (Å²) in [5, 5.41) is 3.78. The third-order valence-corrected chi connectivity index (χ3v) is 5.00. The molecule has 23 heavy (non-hydrogen) atoms. The number of anilines is 1. The number of hydrogen-bond donors (Lipinski definition) is 2. The molecule has 2 rings (SSSR count). The first-order valence-electron chi connectivity index (χ1n) is 8.21. The largest absolute Gasteiger partial charge is 0.444 e. The Kier molecular flexibility index (Phi) is 5.86. The predicted octanol–water partition coefficient (Wildman–Crippen LogP) is 2.97. The summed E-state index contributed by atoms with van der Waals surface area (Å²) in [6.07, 6.45) is 3.30. The zero-order valence-corrected chi connectivity index (χ0v) is 15.3. The molecule has 1 aromatic heterocycles. The first-order valence-corrected chi connectivity index (χ1v) is 9.02. The third kappa shape index (κ3) is 5.35. The van der Waals surface area contributed by atoms with Gasteiger partial charge in [0.05, 0.1) is 11.7 Å². The molecule has 0 spiro atoms. The topological polar surface area (TPSA) is 80.5 Å². The molecule has 0 aliphatic carbocycles. The lowest BCUT2D eigenvalue weighted by Gasteiger charge is -2.25. The number of hydrogen-bond acceptors (Lipinski definition) is 6. The Hall–Kier alpha value is -1.34. The molecular weight excluding hydrogens is 312 g/mol. The second-order valence-electron chi connectivity index (χ2n) is 6.98. The number of rotatable bonds is 4. The van der Waals surface area contributed by atoms with Crippen LogP contribution in [0.3, 0.4) is 0 Å². The second-order valence-corrected chi connectivity index (χ2v) is 7.99. The average Bonchev–Trinajstić information content (AvgIpc) is 2.86. The van der Waals surface area contributed by atoms with Crippen molar-refractivity contribution in [3.63, 3.8) is 0 Å². The Morgan fingerprint density at radius 2 is 2.04 bits per heavy atom. The van der Waals surface area contributed by atoms with Crippen LogP contribution in [0.4, 0.5) is 9.93 Å². The summed E-state index contributed by atoms with van der Waals surface area (Å²) < 4.78 is 5.23. The lowest BCUT2D eigenvalue weighted by Crippen LogP contribution is -2.36. The van der Waals surface area contributed by atoms with E-state index in [1.54, 1.807) is 11.3 Å². The summed E-state index contributed by atoms with van der Waals surface area (Å²) in [4.78, 5) is 19.7. The van der Waals surface area contributed by atoms with Crippen molar-refractivity contribution in [2.75, 3.05) is 24.5 Å². The number of ether oxygens (including phenoxy) is 1. The zero-order valence-electron chi connectivity index (χ0n) is 14.5. The van der Waals surface area contributed by atoms with E-state index in [2.05, 4.69) is 15.2 Å².